The monoisotopic (exact) mass is 378 g/mol. The summed E-state index contributed by atoms with van der Waals surface area (Å²) in [6, 6.07) is 7.83. The summed E-state index contributed by atoms with van der Waals surface area (Å²) in [7, 11) is 1.46. The third-order valence-corrected chi connectivity index (χ3v) is 4.13. The Balaban J connectivity index is 2.19. The number of nitro benzene ring substituents is 1. The van der Waals surface area contributed by atoms with Crippen LogP contribution in [0.2, 0.25) is 5.02 Å². The third kappa shape index (κ3) is 4.43. The van der Waals surface area contributed by atoms with E-state index in [1.165, 1.54) is 26.2 Å². The van der Waals surface area contributed by atoms with Crippen LogP contribution in [0.3, 0.4) is 0 Å². The Bertz CT molecular complexity index is 854. The Hall–Kier alpha value is -2.80. The molecule has 7 nitrogen and oxygen atoms in total. The summed E-state index contributed by atoms with van der Waals surface area (Å²) in [5.74, 6) is -0.0372. The predicted molar refractivity (Wildman–Crippen MR) is 99.3 cm³/mol. The second-order valence-electron chi connectivity index (χ2n) is 5.78. The molecule has 8 heteroatoms. The molecule has 0 aromatic heterocycles. The second kappa shape index (κ2) is 8.05. The number of hydrogen-bond acceptors (Lipinski definition) is 5. The molecule has 0 radical (unpaired) electrons. The van der Waals surface area contributed by atoms with Crippen LogP contribution < -0.4 is 14.8 Å². The molecular formula is C18H19ClN2O5. The lowest BCUT2D eigenvalue weighted by atomic mass is 10.2. The number of halogens is 1. The molecule has 0 bridgehead atoms. The zero-order valence-corrected chi connectivity index (χ0v) is 15.6. The molecule has 2 rings (SSSR count). The van der Waals surface area contributed by atoms with Gasteiger partial charge in [-0.1, -0.05) is 17.7 Å². The van der Waals surface area contributed by atoms with Crippen molar-refractivity contribution in [2.75, 3.05) is 12.4 Å². The van der Waals surface area contributed by atoms with Crippen molar-refractivity contribution in [3.63, 3.8) is 0 Å². The van der Waals surface area contributed by atoms with E-state index in [1.807, 2.05) is 0 Å². The molecule has 0 saturated carbocycles. The average molecular weight is 379 g/mol. The molecule has 0 aliphatic heterocycles. The number of ether oxygens (including phenoxy) is 2. The Morgan fingerprint density at radius 1 is 1.23 bits per heavy atom. The van der Waals surface area contributed by atoms with Gasteiger partial charge in [0, 0.05) is 17.2 Å². The van der Waals surface area contributed by atoms with Crippen molar-refractivity contribution in [2.24, 2.45) is 0 Å². The fourth-order valence-electron chi connectivity index (χ4n) is 2.28. The summed E-state index contributed by atoms with van der Waals surface area (Å²) < 4.78 is 10.7. The van der Waals surface area contributed by atoms with Gasteiger partial charge in [-0.15, -0.1) is 0 Å². The van der Waals surface area contributed by atoms with Gasteiger partial charge in [0.25, 0.3) is 5.91 Å². The van der Waals surface area contributed by atoms with Gasteiger partial charge in [-0.3, -0.25) is 14.9 Å². The van der Waals surface area contributed by atoms with Crippen LogP contribution in [0.1, 0.15) is 18.1 Å². The number of nitrogens with one attached hydrogen (secondary N) is 1. The van der Waals surface area contributed by atoms with Gasteiger partial charge in [0.1, 0.15) is 5.75 Å². The van der Waals surface area contributed by atoms with Crippen molar-refractivity contribution in [2.45, 2.75) is 26.9 Å². The third-order valence-electron chi connectivity index (χ3n) is 3.72. The standard InChI is InChI=1S/C18H19ClN2O5/c1-10-5-6-16(15(7-10)21(23)24)26-12(3)18(22)20-14-8-11(2)13(19)9-17(14)25-4/h5-9,12H,1-4H3,(H,20,22). The first kappa shape index (κ1) is 19.5. The number of rotatable bonds is 6. The van der Waals surface area contributed by atoms with Crippen LogP contribution >= 0.6 is 11.6 Å². The number of methoxy groups -OCH3 is 1. The maximum Gasteiger partial charge on any atom is 0.311 e. The SMILES string of the molecule is COc1cc(Cl)c(C)cc1NC(=O)C(C)Oc1ccc(C)cc1[N+](=O)[O-]. The first-order chi connectivity index (χ1) is 12.2. The first-order valence-electron chi connectivity index (χ1n) is 7.79. The maximum absolute atomic E-state index is 12.4. The fraction of sp³-hybridized carbons (Fsp3) is 0.278. The molecule has 1 amide bonds. The smallest absolute Gasteiger partial charge is 0.311 e. The average Bonchev–Trinajstić information content (AvgIpc) is 2.59. The number of carbonyl (C=O) groups excluding carboxylic acids is 1. The van der Waals surface area contributed by atoms with Crippen molar-refractivity contribution in [1.29, 1.82) is 0 Å². The molecule has 0 aliphatic rings. The number of nitrogens with zero attached hydrogens (tertiary/aromatic N) is 1. The number of hydrogen-bond donors (Lipinski definition) is 1. The lowest BCUT2D eigenvalue weighted by molar-refractivity contribution is -0.386. The first-order valence-corrected chi connectivity index (χ1v) is 8.17. The second-order valence-corrected chi connectivity index (χ2v) is 6.19. The zero-order valence-electron chi connectivity index (χ0n) is 14.8. The summed E-state index contributed by atoms with van der Waals surface area (Å²) in [6.45, 7) is 5.04. The molecule has 0 aliphatic carbocycles. The van der Waals surface area contributed by atoms with Gasteiger partial charge >= 0.3 is 5.69 Å². The molecule has 2 aromatic rings. The van der Waals surface area contributed by atoms with Gasteiger partial charge < -0.3 is 14.8 Å². The normalized spacial score (nSPS) is 11.6. The van der Waals surface area contributed by atoms with E-state index in [0.717, 1.165) is 11.1 Å². The summed E-state index contributed by atoms with van der Waals surface area (Å²) >= 11 is 6.05. The molecule has 0 fully saturated rings. The molecule has 2 aromatic carbocycles. The molecule has 1 N–H and O–H groups in total. The number of nitro groups is 1. The van der Waals surface area contributed by atoms with Crippen LogP contribution in [0.5, 0.6) is 11.5 Å². The van der Waals surface area contributed by atoms with Crippen LogP contribution in [0.15, 0.2) is 30.3 Å². The molecule has 0 saturated heterocycles. The van der Waals surface area contributed by atoms with E-state index >= 15 is 0 Å². The summed E-state index contributed by atoms with van der Waals surface area (Å²) in [5.41, 5.74) is 1.74. The minimum atomic E-state index is -0.961. The van der Waals surface area contributed by atoms with Crippen molar-refractivity contribution in [3.8, 4) is 11.5 Å². The van der Waals surface area contributed by atoms with Crippen molar-refractivity contribution in [3.05, 3.63) is 56.6 Å². The largest absolute Gasteiger partial charge is 0.495 e. The van der Waals surface area contributed by atoms with Crippen molar-refractivity contribution >= 4 is 28.9 Å². The Labute approximate surface area is 156 Å². The molecular weight excluding hydrogens is 360 g/mol. The predicted octanol–water partition coefficient (Wildman–Crippen LogP) is 4.28. The highest BCUT2D eigenvalue weighted by Gasteiger charge is 2.22. The highest BCUT2D eigenvalue weighted by atomic mass is 35.5. The van der Waals surface area contributed by atoms with Gasteiger partial charge in [0.15, 0.2) is 11.9 Å². The van der Waals surface area contributed by atoms with Gasteiger partial charge in [0.2, 0.25) is 0 Å². The van der Waals surface area contributed by atoms with E-state index in [1.54, 1.807) is 32.0 Å². The summed E-state index contributed by atoms with van der Waals surface area (Å²) in [4.78, 5) is 23.1. The van der Waals surface area contributed by atoms with Crippen molar-refractivity contribution < 1.29 is 19.2 Å². The van der Waals surface area contributed by atoms with Crippen LogP contribution in [0.25, 0.3) is 0 Å². The van der Waals surface area contributed by atoms with E-state index in [2.05, 4.69) is 5.32 Å². The highest BCUT2D eigenvalue weighted by Crippen LogP contribution is 2.32. The number of amides is 1. The van der Waals surface area contributed by atoms with Gasteiger partial charge in [-0.05, 0) is 44.0 Å². The minimum absolute atomic E-state index is 0.0301. The molecule has 0 spiro atoms. The van der Waals surface area contributed by atoms with E-state index in [0.29, 0.717) is 16.5 Å². The Morgan fingerprint density at radius 2 is 1.92 bits per heavy atom. The Morgan fingerprint density at radius 3 is 2.54 bits per heavy atom. The quantitative estimate of drug-likeness (QED) is 0.598. The van der Waals surface area contributed by atoms with Crippen LogP contribution in [-0.4, -0.2) is 24.0 Å². The van der Waals surface area contributed by atoms with Crippen molar-refractivity contribution in [1.82, 2.24) is 0 Å². The van der Waals surface area contributed by atoms with E-state index < -0.39 is 16.9 Å². The number of anilines is 1. The Kier molecular flexibility index (Phi) is 6.05. The van der Waals surface area contributed by atoms with E-state index in [-0.39, 0.29) is 11.4 Å². The molecule has 1 atom stereocenters. The van der Waals surface area contributed by atoms with E-state index in [9.17, 15) is 14.9 Å². The zero-order chi connectivity index (χ0) is 19.4. The summed E-state index contributed by atoms with van der Waals surface area (Å²) in [6.07, 6.45) is -0.961. The number of aryl methyl sites for hydroxylation is 2. The van der Waals surface area contributed by atoms with Gasteiger partial charge in [0.05, 0.1) is 17.7 Å². The molecule has 1 unspecified atom stereocenters. The highest BCUT2D eigenvalue weighted by molar-refractivity contribution is 6.31. The van der Waals surface area contributed by atoms with Crippen LogP contribution in [0, 0.1) is 24.0 Å². The summed E-state index contributed by atoms with van der Waals surface area (Å²) in [5, 5.41) is 14.4. The van der Waals surface area contributed by atoms with E-state index in [4.69, 9.17) is 21.1 Å². The van der Waals surface area contributed by atoms with Crippen LogP contribution in [0.4, 0.5) is 11.4 Å². The molecule has 26 heavy (non-hydrogen) atoms. The topological polar surface area (TPSA) is 90.7 Å². The van der Waals surface area contributed by atoms with Gasteiger partial charge in [-0.2, -0.15) is 0 Å². The van der Waals surface area contributed by atoms with Gasteiger partial charge in [-0.25, -0.2) is 0 Å². The lowest BCUT2D eigenvalue weighted by Gasteiger charge is -2.17. The molecule has 0 heterocycles. The number of carbonyl (C=O) groups is 1. The lowest BCUT2D eigenvalue weighted by Crippen LogP contribution is -2.30. The minimum Gasteiger partial charge on any atom is -0.495 e. The number of benzene rings is 2. The maximum atomic E-state index is 12.4. The van der Waals surface area contributed by atoms with Crippen LogP contribution in [-0.2, 0) is 4.79 Å². The molecule has 138 valence electrons. The fourth-order valence-corrected chi connectivity index (χ4v) is 2.43.